The van der Waals surface area contributed by atoms with Gasteiger partial charge in [0.1, 0.15) is 12.4 Å². The molecule has 0 aliphatic rings. The molecule has 0 amide bonds. The summed E-state index contributed by atoms with van der Waals surface area (Å²) in [5.74, 6) is 1.97. The summed E-state index contributed by atoms with van der Waals surface area (Å²) in [6.07, 6.45) is 6.90. The van der Waals surface area contributed by atoms with Crippen LogP contribution in [-0.4, -0.2) is 17.7 Å². The Morgan fingerprint density at radius 1 is 1.20 bits per heavy atom. The number of rotatable bonds is 5. The van der Waals surface area contributed by atoms with Crippen molar-refractivity contribution in [2.45, 2.75) is 0 Å². The van der Waals surface area contributed by atoms with E-state index in [1.807, 2.05) is 0 Å². The van der Waals surface area contributed by atoms with Gasteiger partial charge >= 0.3 is 5.97 Å². The minimum absolute atomic E-state index is 0.145. The molecule has 2 aromatic rings. The number of carboxylic acid groups (broad SMARTS) is 1. The van der Waals surface area contributed by atoms with E-state index in [1.54, 1.807) is 30.3 Å². The monoisotopic (exact) mass is 459 g/mol. The van der Waals surface area contributed by atoms with Crippen molar-refractivity contribution >= 4 is 49.5 Å². The van der Waals surface area contributed by atoms with E-state index in [2.05, 4.69) is 43.8 Å². The Bertz CT molecular complexity index is 896. The number of carboxylic acids is 1. The number of nitrogens with zero attached hydrogens (tertiary/aromatic N) is 1. The van der Waals surface area contributed by atoms with Gasteiger partial charge in [-0.25, -0.2) is 4.79 Å². The third kappa shape index (κ3) is 4.73. The standard InChI is InChI=1S/C19H11Br2NO3/c1-2-7-25-18-16(20)9-12(10-17(18)21)8-15(11-22)13-3-5-14(6-4-13)19(23)24/h1,3-6,8-10H,7H2,(H,23,24)/b15-8-. The number of terminal acetylenes is 1. The predicted octanol–water partition coefficient (Wildman–Crippen LogP) is 4.99. The van der Waals surface area contributed by atoms with Crippen LogP contribution in [0.2, 0.25) is 0 Å². The van der Waals surface area contributed by atoms with Gasteiger partial charge in [0.2, 0.25) is 0 Å². The van der Waals surface area contributed by atoms with Crippen LogP contribution in [0.15, 0.2) is 45.3 Å². The smallest absolute Gasteiger partial charge is 0.335 e. The highest BCUT2D eigenvalue weighted by Gasteiger charge is 2.10. The zero-order valence-corrected chi connectivity index (χ0v) is 16.0. The lowest BCUT2D eigenvalue weighted by Gasteiger charge is -2.09. The summed E-state index contributed by atoms with van der Waals surface area (Å²) in [6.45, 7) is 0.145. The SMILES string of the molecule is C#CCOc1c(Br)cc(/C=C(/C#N)c2ccc(C(=O)O)cc2)cc1Br. The number of hydrogen-bond acceptors (Lipinski definition) is 3. The normalized spacial score (nSPS) is 10.6. The molecule has 0 unspecified atom stereocenters. The zero-order chi connectivity index (χ0) is 18.4. The molecule has 0 saturated carbocycles. The molecule has 0 aliphatic heterocycles. The first-order valence-electron chi connectivity index (χ1n) is 6.97. The van der Waals surface area contributed by atoms with Crippen LogP contribution in [0.4, 0.5) is 0 Å². The maximum absolute atomic E-state index is 10.9. The number of allylic oxidation sites excluding steroid dienone is 1. The molecule has 1 N–H and O–H groups in total. The molecule has 0 saturated heterocycles. The van der Waals surface area contributed by atoms with Crippen molar-refractivity contribution < 1.29 is 14.6 Å². The summed E-state index contributed by atoms with van der Waals surface area (Å²) in [7, 11) is 0. The van der Waals surface area contributed by atoms with Crippen LogP contribution in [0.25, 0.3) is 11.6 Å². The van der Waals surface area contributed by atoms with E-state index in [0.29, 0.717) is 25.8 Å². The van der Waals surface area contributed by atoms with Crippen LogP contribution in [0.5, 0.6) is 5.75 Å². The molecule has 2 aromatic carbocycles. The Morgan fingerprint density at radius 2 is 1.76 bits per heavy atom. The maximum Gasteiger partial charge on any atom is 0.335 e. The highest BCUT2D eigenvalue weighted by molar-refractivity contribution is 9.11. The fourth-order valence-electron chi connectivity index (χ4n) is 2.05. The Balaban J connectivity index is 2.38. The number of aromatic carboxylic acids is 1. The minimum atomic E-state index is -1.01. The quantitative estimate of drug-likeness (QED) is 0.387. The molecule has 0 fully saturated rings. The van der Waals surface area contributed by atoms with Crippen LogP contribution in [0.1, 0.15) is 21.5 Å². The largest absolute Gasteiger partial charge is 0.479 e. The van der Waals surface area contributed by atoms with E-state index in [4.69, 9.17) is 16.3 Å². The first-order chi connectivity index (χ1) is 12.0. The lowest BCUT2D eigenvalue weighted by molar-refractivity contribution is 0.0697. The Hall–Kier alpha value is -2.54. The van der Waals surface area contributed by atoms with Gasteiger partial charge in [-0.05, 0) is 73.3 Å². The summed E-state index contributed by atoms with van der Waals surface area (Å²) in [4.78, 5) is 10.9. The molecule has 4 nitrogen and oxygen atoms in total. The van der Waals surface area contributed by atoms with Crippen LogP contribution in [0.3, 0.4) is 0 Å². The number of benzene rings is 2. The molecule has 0 bridgehead atoms. The summed E-state index contributed by atoms with van der Waals surface area (Å²) in [5, 5.41) is 18.4. The number of hydrogen-bond donors (Lipinski definition) is 1. The van der Waals surface area contributed by atoms with Crippen molar-refractivity contribution in [1.29, 1.82) is 5.26 Å². The molecule has 25 heavy (non-hydrogen) atoms. The van der Waals surface area contributed by atoms with Gasteiger partial charge in [-0.1, -0.05) is 18.1 Å². The molecule has 2 rings (SSSR count). The third-order valence-corrected chi connectivity index (χ3v) is 4.37. The predicted molar refractivity (Wildman–Crippen MR) is 103 cm³/mol. The molecule has 0 aromatic heterocycles. The highest BCUT2D eigenvalue weighted by atomic mass is 79.9. The topological polar surface area (TPSA) is 70.3 Å². The van der Waals surface area contributed by atoms with Gasteiger partial charge in [-0.3, -0.25) is 0 Å². The lowest BCUT2D eigenvalue weighted by atomic mass is 10.0. The Kier molecular flexibility index (Phi) is 6.41. The van der Waals surface area contributed by atoms with Crippen LogP contribution in [-0.2, 0) is 0 Å². The maximum atomic E-state index is 10.9. The molecule has 6 heteroatoms. The van der Waals surface area contributed by atoms with Gasteiger partial charge < -0.3 is 9.84 Å². The van der Waals surface area contributed by atoms with Gasteiger partial charge in [-0.2, -0.15) is 5.26 Å². The average molecular weight is 461 g/mol. The summed E-state index contributed by atoms with van der Waals surface area (Å²) in [5.41, 5.74) is 1.98. The Morgan fingerprint density at radius 3 is 2.24 bits per heavy atom. The van der Waals surface area contributed by atoms with Crippen LogP contribution in [0, 0.1) is 23.7 Å². The van der Waals surface area contributed by atoms with E-state index < -0.39 is 5.97 Å². The van der Waals surface area contributed by atoms with E-state index in [0.717, 1.165) is 5.56 Å². The van der Waals surface area contributed by atoms with Crippen molar-refractivity contribution in [2.75, 3.05) is 6.61 Å². The van der Waals surface area contributed by atoms with E-state index in [9.17, 15) is 10.1 Å². The van der Waals surface area contributed by atoms with Gasteiger partial charge in [-0.15, -0.1) is 6.42 Å². The van der Waals surface area contributed by atoms with Crippen molar-refractivity contribution in [3.8, 4) is 24.2 Å². The number of carbonyl (C=O) groups is 1. The molecule has 124 valence electrons. The highest BCUT2D eigenvalue weighted by Crippen LogP contribution is 2.35. The Labute approximate surface area is 162 Å². The molecule has 0 radical (unpaired) electrons. The van der Waals surface area contributed by atoms with Gasteiger partial charge in [0.15, 0.2) is 0 Å². The zero-order valence-electron chi connectivity index (χ0n) is 12.8. The molecule has 0 heterocycles. The fraction of sp³-hybridized carbons (Fsp3) is 0.0526. The molecular weight excluding hydrogens is 450 g/mol. The van der Waals surface area contributed by atoms with E-state index in [1.165, 1.54) is 12.1 Å². The summed E-state index contributed by atoms with van der Waals surface area (Å²) < 4.78 is 6.84. The van der Waals surface area contributed by atoms with E-state index in [-0.39, 0.29) is 12.2 Å². The molecule has 0 atom stereocenters. The van der Waals surface area contributed by atoms with E-state index >= 15 is 0 Å². The number of nitriles is 1. The summed E-state index contributed by atoms with van der Waals surface area (Å²) in [6, 6.07) is 11.9. The second-order valence-electron chi connectivity index (χ2n) is 4.86. The van der Waals surface area contributed by atoms with Gasteiger partial charge in [0, 0.05) is 0 Å². The van der Waals surface area contributed by atoms with Crippen molar-refractivity contribution in [3.05, 3.63) is 62.0 Å². The fourth-order valence-corrected chi connectivity index (χ4v) is 3.50. The first-order valence-corrected chi connectivity index (χ1v) is 8.55. The van der Waals surface area contributed by atoms with Gasteiger partial charge in [0.25, 0.3) is 0 Å². The van der Waals surface area contributed by atoms with Crippen LogP contribution < -0.4 is 4.74 Å². The molecule has 0 aliphatic carbocycles. The third-order valence-electron chi connectivity index (χ3n) is 3.19. The van der Waals surface area contributed by atoms with Crippen molar-refractivity contribution in [2.24, 2.45) is 0 Å². The lowest BCUT2D eigenvalue weighted by Crippen LogP contribution is -1.96. The minimum Gasteiger partial charge on any atom is -0.479 e. The second kappa shape index (κ2) is 8.53. The van der Waals surface area contributed by atoms with Crippen molar-refractivity contribution in [3.63, 3.8) is 0 Å². The van der Waals surface area contributed by atoms with Crippen LogP contribution >= 0.6 is 31.9 Å². The molecule has 0 spiro atoms. The number of halogens is 2. The average Bonchev–Trinajstić information content (AvgIpc) is 2.59. The second-order valence-corrected chi connectivity index (χ2v) is 6.57. The summed E-state index contributed by atoms with van der Waals surface area (Å²) >= 11 is 6.84. The molecular formula is C19H11Br2NO3. The van der Waals surface area contributed by atoms with Crippen molar-refractivity contribution in [1.82, 2.24) is 0 Å². The van der Waals surface area contributed by atoms with Gasteiger partial charge in [0.05, 0.1) is 26.2 Å². The first kappa shape index (κ1) is 18.8. The number of ether oxygens (including phenoxy) is 1.